The maximum atomic E-state index is 11.5. The maximum Gasteiger partial charge on any atom is 0.191 e. The number of aliphatic imine (C=N–C) groups is 1. The molecule has 5 nitrogen and oxygen atoms in total. The van der Waals surface area contributed by atoms with E-state index < -0.39 is 9.84 Å². The average molecular weight is 346 g/mol. The summed E-state index contributed by atoms with van der Waals surface area (Å²) in [5.74, 6) is 0.852. The van der Waals surface area contributed by atoms with Crippen molar-refractivity contribution in [2.24, 2.45) is 4.99 Å². The van der Waals surface area contributed by atoms with Crippen LogP contribution in [0.15, 0.2) is 29.3 Å². The molecule has 0 amide bonds. The van der Waals surface area contributed by atoms with E-state index in [-0.39, 0.29) is 18.1 Å². The van der Waals surface area contributed by atoms with E-state index in [9.17, 15) is 8.42 Å². The molecule has 0 heterocycles. The van der Waals surface area contributed by atoms with Crippen LogP contribution in [0.25, 0.3) is 0 Å². The van der Waals surface area contributed by atoms with E-state index in [0.29, 0.717) is 12.5 Å². The smallest absolute Gasteiger partial charge is 0.191 e. The van der Waals surface area contributed by atoms with E-state index in [1.165, 1.54) is 0 Å². The lowest BCUT2D eigenvalue weighted by atomic mass is 10.1. The predicted octanol–water partition coefficient (Wildman–Crippen LogP) is 1.87. The molecule has 124 valence electrons. The summed E-state index contributed by atoms with van der Waals surface area (Å²) < 4.78 is 22.9. The van der Waals surface area contributed by atoms with Gasteiger partial charge in [-0.15, -0.1) is 0 Å². The lowest BCUT2D eigenvalue weighted by molar-refractivity contribution is 0.597. The third-order valence-electron chi connectivity index (χ3n) is 3.10. The third-order valence-corrected chi connectivity index (χ3v) is 5.15. The minimum atomic E-state index is -2.98. The monoisotopic (exact) mass is 345 g/mol. The molecule has 0 saturated carbocycles. The minimum Gasteiger partial charge on any atom is -0.357 e. The zero-order valence-electron chi connectivity index (χ0n) is 13.1. The molecular formula is C15H24ClN3O2S. The van der Waals surface area contributed by atoms with Gasteiger partial charge < -0.3 is 10.6 Å². The molecule has 0 aromatic heterocycles. The standard InChI is InChI=1S/C15H24ClN3O2S/c1-3-17-15(19-11-12-22(20,21)4-2)18-10-9-13-7-5-6-8-14(13)16/h5-8H,3-4,9-12H2,1-2H3,(H2,17,18,19). The van der Waals surface area contributed by atoms with Crippen molar-refractivity contribution in [1.82, 2.24) is 10.6 Å². The second kappa shape index (κ2) is 9.69. The van der Waals surface area contributed by atoms with Crippen LogP contribution < -0.4 is 10.6 Å². The molecule has 7 heteroatoms. The van der Waals surface area contributed by atoms with Crippen molar-refractivity contribution in [1.29, 1.82) is 0 Å². The Morgan fingerprint density at radius 2 is 1.95 bits per heavy atom. The number of sulfone groups is 1. The van der Waals surface area contributed by atoms with Gasteiger partial charge in [-0.2, -0.15) is 0 Å². The minimum absolute atomic E-state index is 0.0740. The van der Waals surface area contributed by atoms with Crippen LogP contribution in [-0.4, -0.2) is 45.5 Å². The van der Waals surface area contributed by atoms with Crippen molar-refractivity contribution in [2.45, 2.75) is 20.3 Å². The molecule has 0 saturated heterocycles. The van der Waals surface area contributed by atoms with E-state index in [4.69, 9.17) is 11.6 Å². The molecule has 1 aromatic carbocycles. The fraction of sp³-hybridized carbons (Fsp3) is 0.533. The van der Waals surface area contributed by atoms with Crippen LogP contribution in [0.4, 0.5) is 0 Å². The van der Waals surface area contributed by atoms with Crippen molar-refractivity contribution in [3.05, 3.63) is 34.9 Å². The molecule has 0 atom stereocenters. The summed E-state index contributed by atoms with van der Waals surface area (Å²) in [6, 6.07) is 7.71. The lowest BCUT2D eigenvalue weighted by Crippen LogP contribution is -2.38. The van der Waals surface area contributed by atoms with Crippen LogP contribution in [0.1, 0.15) is 19.4 Å². The van der Waals surface area contributed by atoms with Crippen LogP contribution in [0, 0.1) is 0 Å². The van der Waals surface area contributed by atoms with Crippen molar-refractivity contribution in [3.8, 4) is 0 Å². The van der Waals surface area contributed by atoms with Gasteiger partial charge in [-0.3, -0.25) is 4.99 Å². The van der Waals surface area contributed by atoms with Gasteiger partial charge in [-0.25, -0.2) is 8.42 Å². The Bertz CT molecular complexity index is 588. The lowest BCUT2D eigenvalue weighted by Gasteiger charge is -2.11. The highest BCUT2D eigenvalue weighted by Crippen LogP contribution is 2.14. The summed E-state index contributed by atoms with van der Waals surface area (Å²) in [5.41, 5.74) is 1.07. The molecule has 2 N–H and O–H groups in total. The van der Waals surface area contributed by atoms with Gasteiger partial charge in [0.25, 0.3) is 0 Å². The van der Waals surface area contributed by atoms with Gasteiger partial charge in [0.1, 0.15) is 0 Å². The number of hydrogen-bond donors (Lipinski definition) is 2. The van der Waals surface area contributed by atoms with Crippen molar-refractivity contribution in [3.63, 3.8) is 0 Å². The van der Waals surface area contributed by atoms with Gasteiger partial charge in [0, 0.05) is 23.9 Å². The normalized spacial score (nSPS) is 12.2. The molecule has 1 aromatic rings. The SMILES string of the molecule is CCNC(=NCCS(=O)(=O)CC)NCCc1ccccc1Cl. The Morgan fingerprint density at radius 3 is 2.59 bits per heavy atom. The van der Waals surface area contributed by atoms with Gasteiger partial charge in [0.15, 0.2) is 15.8 Å². The van der Waals surface area contributed by atoms with Crippen molar-refractivity contribution in [2.75, 3.05) is 31.1 Å². The number of benzene rings is 1. The largest absolute Gasteiger partial charge is 0.357 e. The Balaban J connectivity index is 2.48. The summed E-state index contributed by atoms with van der Waals surface area (Å²) >= 11 is 6.11. The summed E-state index contributed by atoms with van der Waals surface area (Å²) in [7, 11) is -2.98. The fourth-order valence-corrected chi connectivity index (χ4v) is 2.69. The molecule has 0 aliphatic heterocycles. The first-order valence-corrected chi connectivity index (χ1v) is 9.64. The summed E-state index contributed by atoms with van der Waals surface area (Å²) in [5, 5.41) is 7.04. The molecule has 0 aliphatic rings. The molecule has 1 rings (SSSR count). The molecule has 0 fully saturated rings. The van der Waals surface area contributed by atoms with E-state index in [0.717, 1.165) is 23.6 Å². The first kappa shape index (κ1) is 18.8. The molecule has 22 heavy (non-hydrogen) atoms. The first-order chi connectivity index (χ1) is 10.5. The number of nitrogens with zero attached hydrogens (tertiary/aromatic N) is 1. The van der Waals surface area contributed by atoms with E-state index >= 15 is 0 Å². The summed E-state index contributed by atoms with van der Waals surface area (Å²) in [6.07, 6.45) is 0.775. The van der Waals surface area contributed by atoms with Crippen LogP contribution in [0.3, 0.4) is 0 Å². The number of hydrogen-bond acceptors (Lipinski definition) is 3. The van der Waals surface area contributed by atoms with Crippen LogP contribution in [0.5, 0.6) is 0 Å². The average Bonchev–Trinajstić information content (AvgIpc) is 2.49. The Hall–Kier alpha value is -1.27. The van der Waals surface area contributed by atoms with Crippen LogP contribution in [-0.2, 0) is 16.3 Å². The van der Waals surface area contributed by atoms with Gasteiger partial charge >= 0.3 is 0 Å². The van der Waals surface area contributed by atoms with Gasteiger partial charge in [0.05, 0.1) is 12.3 Å². The molecular weight excluding hydrogens is 322 g/mol. The second-order valence-corrected chi connectivity index (χ2v) is 7.65. The number of halogens is 1. The zero-order valence-corrected chi connectivity index (χ0v) is 14.7. The number of nitrogens with one attached hydrogen (secondary N) is 2. The summed E-state index contributed by atoms with van der Waals surface area (Å²) in [4.78, 5) is 4.28. The summed E-state index contributed by atoms with van der Waals surface area (Å²) in [6.45, 7) is 5.27. The van der Waals surface area contributed by atoms with E-state index in [1.807, 2.05) is 31.2 Å². The number of guanidine groups is 1. The number of rotatable bonds is 8. The molecule has 0 radical (unpaired) electrons. The van der Waals surface area contributed by atoms with E-state index in [2.05, 4.69) is 15.6 Å². The Morgan fingerprint density at radius 1 is 1.23 bits per heavy atom. The predicted molar refractivity (Wildman–Crippen MR) is 93.5 cm³/mol. The molecule has 0 unspecified atom stereocenters. The maximum absolute atomic E-state index is 11.5. The molecule has 0 aliphatic carbocycles. The highest BCUT2D eigenvalue weighted by atomic mass is 35.5. The second-order valence-electron chi connectivity index (χ2n) is 4.77. The Kier molecular flexibility index (Phi) is 8.27. The fourth-order valence-electron chi connectivity index (χ4n) is 1.80. The van der Waals surface area contributed by atoms with Gasteiger partial charge in [0.2, 0.25) is 0 Å². The quantitative estimate of drug-likeness (QED) is 0.557. The highest BCUT2D eigenvalue weighted by molar-refractivity contribution is 7.91. The van der Waals surface area contributed by atoms with Crippen LogP contribution in [0.2, 0.25) is 5.02 Å². The molecule has 0 bridgehead atoms. The first-order valence-electron chi connectivity index (χ1n) is 7.44. The van der Waals surface area contributed by atoms with E-state index in [1.54, 1.807) is 6.92 Å². The zero-order chi connectivity index (χ0) is 16.4. The van der Waals surface area contributed by atoms with Crippen molar-refractivity contribution >= 4 is 27.4 Å². The van der Waals surface area contributed by atoms with Gasteiger partial charge in [-0.1, -0.05) is 36.7 Å². The Labute approximate surface area is 138 Å². The van der Waals surface area contributed by atoms with Crippen LogP contribution >= 0.6 is 11.6 Å². The van der Waals surface area contributed by atoms with Crippen molar-refractivity contribution < 1.29 is 8.42 Å². The highest BCUT2D eigenvalue weighted by Gasteiger charge is 2.06. The molecule has 0 spiro atoms. The third kappa shape index (κ3) is 7.13. The van der Waals surface area contributed by atoms with Gasteiger partial charge in [-0.05, 0) is 25.0 Å². The topological polar surface area (TPSA) is 70.6 Å².